The van der Waals surface area contributed by atoms with Gasteiger partial charge in [0.15, 0.2) is 22.3 Å². The first kappa shape index (κ1) is 52.8. The molecule has 378 valence electrons. The van der Waals surface area contributed by atoms with Crippen LogP contribution in [-0.4, -0.2) is 140 Å². The number of carbonyl (C=O) groups excluding carboxylic acids is 6. The molecule has 0 aliphatic carbocycles. The number of phenolic OH excluding ortho intramolecular Hbond substituents is 2. The Balaban J connectivity index is 1.24. The van der Waals surface area contributed by atoms with Crippen LogP contribution in [0.1, 0.15) is 79.5 Å². The van der Waals surface area contributed by atoms with Crippen LogP contribution in [0.5, 0.6) is 17.2 Å². The molecule has 1 aromatic heterocycles. The Hall–Kier alpha value is -6.59. The number of aromatic nitrogens is 1. The van der Waals surface area contributed by atoms with Crippen LogP contribution in [0.15, 0.2) is 64.3 Å². The lowest BCUT2D eigenvalue weighted by atomic mass is 10.0. The SMILES string of the molecule is COc1ccc(COC(=O)C2=C(C[N+]3(CCNC(=O)Nc4ccc(O)c(O)c4)CCCC3)CS[C@@H]3[C@H](NC(=O)/C(=N\OC(C)(C)C(=O)OC(C)(C)C)c4csc(NC(=O)OC(C)(C)C)n4)C(=O)N23)cc1. The van der Waals surface area contributed by atoms with E-state index in [9.17, 15) is 39.0 Å². The molecule has 0 saturated carbocycles. The van der Waals surface area contributed by atoms with Crippen LogP contribution in [-0.2, 0) is 44.8 Å². The summed E-state index contributed by atoms with van der Waals surface area (Å²) in [5, 5.41) is 35.1. The van der Waals surface area contributed by atoms with E-state index in [0.29, 0.717) is 40.2 Å². The second kappa shape index (κ2) is 21.6. The molecule has 5 amide bonds. The molecule has 70 heavy (non-hydrogen) atoms. The average Bonchev–Trinajstić information content (AvgIpc) is 3.94. The number of methoxy groups -OCH3 is 1. The lowest BCUT2D eigenvalue weighted by Gasteiger charge is -2.50. The molecule has 2 fully saturated rings. The predicted molar refractivity (Wildman–Crippen MR) is 260 cm³/mol. The van der Waals surface area contributed by atoms with Gasteiger partial charge in [-0.1, -0.05) is 17.3 Å². The topological polar surface area (TPSA) is 266 Å². The molecule has 4 heterocycles. The molecule has 6 rings (SSSR count). The number of likely N-dealkylation sites (tertiary alicyclic amines) is 1. The number of nitrogens with zero attached hydrogens (tertiary/aromatic N) is 4. The van der Waals surface area contributed by atoms with E-state index in [4.69, 9.17) is 23.8 Å². The zero-order valence-electron chi connectivity index (χ0n) is 40.6. The van der Waals surface area contributed by atoms with Gasteiger partial charge in [0.1, 0.15) is 52.9 Å². The number of hydrogen-bond donors (Lipinski definition) is 6. The largest absolute Gasteiger partial charge is 0.504 e. The molecular weight excluding hydrogens is 949 g/mol. The second-order valence-corrected chi connectivity index (χ2v) is 21.4. The highest BCUT2D eigenvalue weighted by Crippen LogP contribution is 2.42. The number of hydrogen-bond acceptors (Lipinski definition) is 17. The third kappa shape index (κ3) is 13.6. The molecule has 0 unspecified atom stereocenters. The van der Waals surface area contributed by atoms with Crippen molar-refractivity contribution in [3.05, 3.63) is 70.4 Å². The summed E-state index contributed by atoms with van der Waals surface area (Å²) in [5.41, 5.74) is -2.12. The number of carbonyl (C=O) groups is 6. The van der Waals surface area contributed by atoms with Crippen LogP contribution in [0, 0.1) is 0 Å². The number of benzene rings is 2. The van der Waals surface area contributed by atoms with Gasteiger partial charge in [-0.25, -0.2) is 24.2 Å². The van der Waals surface area contributed by atoms with E-state index >= 15 is 0 Å². The first-order chi connectivity index (χ1) is 32.9. The number of oxime groups is 1. The van der Waals surface area contributed by atoms with Crippen molar-refractivity contribution in [2.45, 2.75) is 103 Å². The molecule has 2 atom stereocenters. The number of esters is 2. The number of fused-ring (bicyclic) bond motifs is 1. The quantitative estimate of drug-likeness (QED) is 0.0141. The van der Waals surface area contributed by atoms with Crippen molar-refractivity contribution in [3.63, 3.8) is 0 Å². The molecule has 0 spiro atoms. The molecule has 21 nitrogen and oxygen atoms in total. The van der Waals surface area contributed by atoms with Crippen LogP contribution < -0.4 is 26.0 Å². The number of ether oxygens (including phenoxy) is 4. The van der Waals surface area contributed by atoms with Gasteiger partial charge >= 0.3 is 24.1 Å². The summed E-state index contributed by atoms with van der Waals surface area (Å²) in [6, 6.07) is 9.27. The normalized spacial score (nSPS) is 17.9. The molecule has 23 heteroatoms. The lowest BCUT2D eigenvalue weighted by Crippen LogP contribution is -2.71. The maximum absolute atomic E-state index is 14.4. The molecular formula is C47H61N8O13S2+. The highest BCUT2D eigenvalue weighted by molar-refractivity contribution is 8.00. The number of urea groups is 1. The molecule has 3 aromatic rings. The number of quaternary nitrogens is 1. The smallest absolute Gasteiger partial charge is 0.413 e. The fraction of sp³-hybridized carbons (Fsp3) is 0.489. The minimum Gasteiger partial charge on any atom is -0.504 e. The van der Waals surface area contributed by atoms with Crippen LogP contribution >= 0.6 is 23.1 Å². The van der Waals surface area contributed by atoms with E-state index in [2.05, 4.69) is 31.4 Å². The monoisotopic (exact) mass is 1010 g/mol. The van der Waals surface area contributed by atoms with E-state index in [1.807, 2.05) is 0 Å². The summed E-state index contributed by atoms with van der Waals surface area (Å²) < 4.78 is 22.5. The molecule has 0 radical (unpaired) electrons. The maximum Gasteiger partial charge on any atom is 0.413 e. The minimum absolute atomic E-state index is 0.0512. The Morgan fingerprint density at radius 3 is 2.24 bits per heavy atom. The molecule has 3 aliphatic rings. The first-order valence-electron chi connectivity index (χ1n) is 22.5. The molecule has 2 aromatic carbocycles. The van der Waals surface area contributed by atoms with E-state index in [1.54, 1.807) is 72.9 Å². The summed E-state index contributed by atoms with van der Waals surface area (Å²) in [4.78, 5) is 92.9. The number of β-lactam (4-membered cyclic amide) rings is 1. The average molecular weight is 1010 g/mol. The first-order valence-corrected chi connectivity index (χ1v) is 24.4. The maximum atomic E-state index is 14.4. The van der Waals surface area contributed by atoms with Crippen molar-refractivity contribution < 1.29 is 67.2 Å². The number of thiazole rings is 1. The Morgan fingerprint density at radius 2 is 1.60 bits per heavy atom. The van der Waals surface area contributed by atoms with Gasteiger partial charge in [0.2, 0.25) is 5.60 Å². The standard InChI is InChI=1S/C47H60N8O13S2/c1-45(2,3)66-41(61)47(7,8)68-53-34(31-26-70-43(50-31)52-44(63)67-46(4,5)6)37(58)51-35-38(59)54-36(40(60)65-24-27-12-15-30(64-9)16-13-27)28(25-69-39(35)54)23-55(19-10-11-20-55)21-18-48-42(62)49-29-14-17-32(56)33(57)22-29/h12-17,22,26,35,39H,10-11,18-21,23-25H2,1-9H3,(H5-,48,49,50,51,52,53,56,57,58,62,63)/p+1/t35-,39-/m1/s1. The number of anilines is 2. The lowest BCUT2D eigenvalue weighted by molar-refractivity contribution is -0.911. The van der Waals surface area contributed by atoms with Crippen molar-refractivity contribution in [3.8, 4) is 17.2 Å². The van der Waals surface area contributed by atoms with Gasteiger partial charge in [-0.3, -0.25) is 19.8 Å². The van der Waals surface area contributed by atoms with Crippen LogP contribution in [0.4, 0.5) is 20.4 Å². The van der Waals surface area contributed by atoms with Crippen LogP contribution in [0.25, 0.3) is 0 Å². The van der Waals surface area contributed by atoms with Gasteiger partial charge < -0.3 is 54.4 Å². The number of phenols is 2. The van der Waals surface area contributed by atoms with E-state index in [-0.39, 0.29) is 46.9 Å². The van der Waals surface area contributed by atoms with E-state index < -0.39 is 69.8 Å². The molecule has 0 bridgehead atoms. The Morgan fingerprint density at radius 1 is 0.914 bits per heavy atom. The van der Waals surface area contributed by atoms with Gasteiger partial charge in [-0.05, 0) is 85.2 Å². The fourth-order valence-electron chi connectivity index (χ4n) is 7.63. The van der Waals surface area contributed by atoms with Gasteiger partial charge in [0, 0.05) is 41.3 Å². The van der Waals surface area contributed by atoms with Crippen molar-refractivity contribution >= 4 is 75.5 Å². The van der Waals surface area contributed by atoms with E-state index in [1.165, 1.54) is 54.1 Å². The summed E-state index contributed by atoms with van der Waals surface area (Å²) in [7, 11) is 1.54. The van der Waals surface area contributed by atoms with Crippen molar-refractivity contribution in [2.75, 3.05) is 56.2 Å². The number of rotatable bonds is 17. The van der Waals surface area contributed by atoms with Gasteiger partial charge in [-0.2, -0.15) is 0 Å². The number of amides is 5. The van der Waals surface area contributed by atoms with Crippen LogP contribution in [0.2, 0.25) is 0 Å². The Labute approximate surface area is 413 Å². The zero-order valence-corrected chi connectivity index (χ0v) is 42.3. The number of thioether (sulfide) groups is 1. The highest BCUT2D eigenvalue weighted by Gasteiger charge is 2.56. The summed E-state index contributed by atoms with van der Waals surface area (Å²) in [6.45, 7) is 15.5. The highest BCUT2D eigenvalue weighted by atomic mass is 32.2. The number of aromatic hydroxyl groups is 2. The van der Waals surface area contributed by atoms with Crippen LogP contribution in [0.3, 0.4) is 0 Å². The third-order valence-electron chi connectivity index (χ3n) is 11.0. The van der Waals surface area contributed by atoms with Gasteiger partial charge in [0.25, 0.3) is 11.8 Å². The van der Waals surface area contributed by atoms with Crippen molar-refractivity contribution in [2.24, 2.45) is 5.16 Å². The third-order valence-corrected chi connectivity index (χ3v) is 13.1. The van der Waals surface area contributed by atoms with Gasteiger partial charge in [0.05, 0.1) is 33.3 Å². The second-order valence-electron chi connectivity index (χ2n) is 19.4. The summed E-state index contributed by atoms with van der Waals surface area (Å²) in [6.07, 6.45) is 1.01. The van der Waals surface area contributed by atoms with E-state index in [0.717, 1.165) is 37.3 Å². The summed E-state index contributed by atoms with van der Waals surface area (Å²) >= 11 is 2.32. The van der Waals surface area contributed by atoms with Crippen molar-refractivity contribution in [1.29, 1.82) is 0 Å². The molecule has 3 aliphatic heterocycles. The Kier molecular flexibility index (Phi) is 16.3. The fourth-order valence-corrected chi connectivity index (χ4v) is 9.65. The van der Waals surface area contributed by atoms with Gasteiger partial charge in [-0.15, -0.1) is 23.1 Å². The van der Waals surface area contributed by atoms with Crippen molar-refractivity contribution in [1.82, 2.24) is 20.5 Å². The molecule has 2 saturated heterocycles. The summed E-state index contributed by atoms with van der Waals surface area (Å²) in [5.74, 6) is -2.76. The number of nitrogens with one attached hydrogen (secondary N) is 4. The predicted octanol–water partition coefficient (Wildman–Crippen LogP) is 5.58. The minimum atomic E-state index is -1.69. The zero-order chi connectivity index (χ0) is 51.2. The Bertz CT molecular complexity index is 2530. The molecule has 6 N–H and O–H groups in total.